The molecule has 0 atom stereocenters. The number of carbonyl (C=O) groups excluding carboxylic acids is 1. The van der Waals surface area contributed by atoms with E-state index in [1.807, 2.05) is 7.05 Å². The summed E-state index contributed by atoms with van der Waals surface area (Å²) in [7, 11) is -0.558. The Hall–Kier alpha value is -1.15. The monoisotopic (exact) mass is 348 g/mol. The summed E-state index contributed by atoms with van der Waals surface area (Å²) in [6, 6.07) is 6.50. The molecule has 1 aliphatic heterocycles. The van der Waals surface area contributed by atoms with Crippen molar-refractivity contribution < 1.29 is 17.9 Å². The molecule has 0 unspecified atom stereocenters. The van der Waals surface area contributed by atoms with E-state index >= 15 is 0 Å². The fourth-order valence-corrected chi connectivity index (χ4v) is 4.14. The summed E-state index contributed by atoms with van der Waals surface area (Å²) in [4.78, 5) is 11.8. The van der Waals surface area contributed by atoms with Crippen LogP contribution in [0.3, 0.4) is 0 Å². The Labute approximate surface area is 137 Å². The minimum atomic E-state index is -3.67. The van der Waals surface area contributed by atoms with Gasteiger partial charge in [0.2, 0.25) is 10.0 Å². The molecule has 2 rings (SSSR count). The van der Waals surface area contributed by atoms with E-state index in [2.05, 4.69) is 10.1 Å². The molecule has 0 aliphatic carbocycles. The molecule has 1 heterocycles. The Morgan fingerprint density at radius 3 is 2.41 bits per heavy atom. The van der Waals surface area contributed by atoms with Crippen LogP contribution in [-0.2, 0) is 14.8 Å². The standard InChI is InChI=1S/C14H20N2O4S.ClH/c1-15-11-7-9-16(10-8-11)21(18,19)13-6-4-3-5-12(13)14(17)20-2;/h3-6,11,15H,7-10H2,1-2H3;1H. The fraction of sp³-hybridized carbons (Fsp3) is 0.500. The molecule has 0 amide bonds. The summed E-state index contributed by atoms with van der Waals surface area (Å²) in [5.41, 5.74) is 0.0794. The number of nitrogens with zero attached hydrogens (tertiary/aromatic N) is 1. The van der Waals surface area contributed by atoms with E-state index in [0.717, 1.165) is 12.8 Å². The lowest BCUT2D eigenvalue weighted by Crippen LogP contribution is -2.44. The molecule has 0 radical (unpaired) electrons. The molecule has 1 N–H and O–H groups in total. The largest absolute Gasteiger partial charge is 0.465 e. The van der Waals surface area contributed by atoms with Crippen molar-refractivity contribution in [3.8, 4) is 0 Å². The van der Waals surface area contributed by atoms with E-state index in [0.29, 0.717) is 19.1 Å². The highest BCUT2D eigenvalue weighted by molar-refractivity contribution is 7.89. The van der Waals surface area contributed by atoms with Crippen molar-refractivity contribution in [3.05, 3.63) is 29.8 Å². The van der Waals surface area contributed by atoms with Crippen molar-refractivity contribution in [2.24, 2.45) is 0 Å². The Balaban J connectivity index is 0.00000242. The second-order valence-corrected chi connectivity index (χ2v) is 6.86. The third-order valence-electron chi connectivity index (χ3n) is 3.77. The molecule has 22 heavy (non-hydrogen) atoms. The first-order valence-electron chi connectivity index (χ1n) is 6.85. The first kappa shape index (κ1) is 18.9. The molecule has 0 bridgehead atoms. The minimum absolute atomic E-state index is 0. The van der Waals surface area contributed by atoms with E-state index in [1.54, 1.807) is 12.1 Å². The molecule has 0 saturated carbocycles. The molecule has 6 nitrogen and oxygen atoms in total. The van der Waals surface area contributed by atoms with Gasteiger partial charge in [0.15, 0.2) is 0 Å². The predicted octanol–water partition coefficient (Wildman–Crippen LogP) is 1.27. The zero-order valence-electron chi connectivity index (χ0n) is 12.6. The van der Waals surface area contributed by atoms with Crippen molar-refractivity contribution in [1.82, 2.24) is 9.62 Å². The minimum Gasteiger partial charge on any atom is -0.465 e. The number of esters is 1. The van der Waals surface area contributed by atoms with E-state index in [4.69, 9.17) is 0 Å². The van der Waals surface area contributed by atoms with Crippen molar-refractivity contribution in [2.45, 2.75) is 23.8 Å². The third kappa shape index (κ3) is 3.78. The number of piperidine rings is 1. The maximum Gasteiger partial charge on any atom is 0.339 e. The van der Waals surface area contributed by atoms with Gasteiger partial charge >= 0.3 is 5.97 Å². The number of methoxy groups -OCH3 is 1. The number of nitrogens with one attached hydrogen (secondary N) is 1. The summed E-state index contributed by atoms with van der Waals surface area (Å²) in [6.45, 7) is 0.896. The lowest BCUT2D eigenvalue weighted by Gasteiger charge is -2.31. The number of ether oxygens (including phenoxy) is 1. The maximum atomic E-state index is 12.7. The molecule has 1 saturated heterocycles. The van der Waals surface area contributed by atoms with Crippen LogP contribution >= 0.6 is 12.4 Å². The first-order chi connectivity index (χ1) is 10.0. The van der Waals surface area contributed by atoms with Crippen molar-refractivity contribution in [2.75, 3.05) is 27.2 Å². The van der Waals surface area contributed by atoms with E-state index in [-0.39, 0.29) is 22.9 Å². The van der Waals surface area contributed by atoms with Gasteiger partial charge in [0.05, 0.1) is 17.6 Å². The second-order valence-electron chi connectivity index (χ2n) is 4.95. The topological polar surface area (TPSA) is 75.7 Å². The Morgan fingerprint density at radius 2 is 1.86 bits per heavy atom. The van der Waals surface area contributed by atoms with Gasteiger partial charge in [-0.15, -0.1) is 12.4 Å². The third-order valence-corrected chi connectivity index (χ3v) is 5.73. The molecule has 8 heteroatoms. The normalized spacial score (nSPS) is 16.8. The average molecular weight is 349 g/mol. The summed E-state index contributed by atoms with van der Waals surface area (Å²) >= 11 is 0. The molecule has 124 valence electrons. The summed E-state index contributed by atoms with van der Waals surface area (Å²) in [5, 5.41) is 3.16. The van der Waals surface area contributed by atoms with Crippen LogP contribution in [-0.4, -0.2) is 52.0 Å². The number of carbonyl (C=O) groups is 1. The number of hydrogen-bond donors (Lipinski definition) is 1. The smallest absolute Gasteiger partial charge is 0.339 e. The van der Waals surface area contributed by atoms with Gasteiger partial charge < -0.3 is 10.1 Å². The van der Waals surface area contributed by atoms with Gasteiger partial charge in [0.1, 0.15) is 0 Å². The lowest BCUT2D eigenvalue weighted by atomic mass is 10.1. The molecule has 1 aromatic rings. The van der Waals surface area contributed by atoms with E-state index in [9.17, 15) is 13.2 Å². The van der Waals surface area contributed by atoms with Crippen LogP contribution in [0, 0.1) is 0 Å². The van der Waals surface area contributed by atoms with Crippen LogP contribution in [0.15, 0.2) is 29.2 Å². The van der Waals surface area contributed by atoms with E-state index < -0.39 is 16.0 Å². The zero-order chi connectivity index (χ0) is 15.5. The van der Waals surface area contributed by atoms with Crippen molar-refractivity contribution in [3.63, 3.8) is 0 Å². The Morgan fingerprint density at radius 1 is 1.27 bits per heavy atom. The van der Waals surface area contributed by atoms with Crippen molar-refractivity contribution in [1.29, 1.82) is 0 Å². The molecule has 0 aromatic heterocycles. The SMILES string of the molecule is CNC1CCN(S(=O)(=O)c2ccccc2C(=O)OC)CC1.Cl. The summed E-state index contributed by atoms with van der Waals surface area (Å²) in [5.74, 6) is -0.640. The van der Waals surface area contributed by atoms with Crippen LogP contribution in [0.2, 0.25) is 0 Å². The average Bonchev–Trinajstić information content (AvgIpc) is 2.54. The van der Waals surface area contributed by atoms with Gasteiger partial charge in [-0.2, -0.15) is 4.31 Å². The predicted molar refractivity (Wildman–Crippen MR) is 85.9 cm³/mol. The highest BCUT2D eigenvalue weighted by atomic mass is 35.5. The van der Waals surface area contributed by atoms with Gasteiger partial charge in [-0.05, 0) is 32.0 Å². The number of halogens is 1. The highest BCUT2D eigenvalue weighted by Crippen LogP contribution is 2.24. The first-order valence-corrected chi connectivity index (χ1v) is 8.29. The molecule has 1 aliphatic rings. The van der Waals surface area contributed by atoms with Gasteiger partial charge in [0, 0.05) is 19.1 Å². The Bertz CT molecular complexity index is 613. The number of rotatable bonds is 4. The van der Waals surface area contributed by atoms with Crippen LogP contribution in [0.4, 0.5) is 0 Å². The zero-order valence-corrected chi connectivity index (χ0v) is 14.2. The van der Waals surface area contributed by atoms with Crippen LogP contribution in [0.5, 0.6) is 0 Å². The van der Waals surface area contributed by atoms with Crippen LogP contribution in [0.1, 0.15) is 23.2 Å². The van der Waals surface area contributed by atoms with E-state index in [1.165, 1.54) is 23.5 Å². The quantitative estimate of drug-likeness (QED) is 0.829. The summed E-state index contributed by atoms with van der Waals surface area (Å²) in [6.07, 6.45) is 1.52. The maximum absolute atomic E-state index is 12.7. The van der Waals surface area contributed by atoms with Gasteiger partial charge in [-0.25, -0.2) is 13.2 Å². The lowest BCUT2D eigenvalue weighted by molar-refractivity contribution is 0.0596. The molecule has 0 spiro atoms. The van der Waals surface area contributed by atoms with Crippen LogP contribution < -0.4 is 5.32 Å². The molecular formula is C14H21ClN2O4S. The molecule has 1 aromatic carbocycles. The van der Waals surface area contributed by atoms with Gasteiger partial charge in [-0.1, -0.05) is 12.1 Å². The van der Waals surface area contributed by atoms with Crippen LogP contribution in [0.25, 0.3) is 0 Å². The number of hydrogen-bond acceptors (Lipinski definition) is 5. The molecular weight excluding hydrogens is 328 g/mol. The molecule has 1 fully saturated rings. The van der Waals surface area contributed by atoms with Gasteiger partial charge in [-0.3, -0.25) is 0 Å². The number of sulfonamides is 1. The fourth-order valence-electron chi connectivity index (χ4n) is 2.49. The Kier molecular flexibility index (Phi) is 6.80. The summed E-state index contributed by atoms with van der Waals surface area (Å²) < 4.78 is 31.5. The van der Waals surface area contributed by atoms with Crippen molar-refractivity contribution >= 4 is 28.4 Å². The second kappa shape index (κ2) is 7.92. The number of benzene rings is 1. The highest BCUT2D eigenvalue weighted by Gasteiger charge is 2.31. The van der Waals surface area contributed by atoms with Gasteiger partial charge in [0.25, 0.3) is 0 Å².